The van der Waals surface area contributed by atoms with E-state index >= 15 is 0 Å². The number of rotatable bonds is 9. The van der Waals surface area contributed by atoms with Crippen LogP contribution in [0, 0.1) is 3.57 Å². The van der Waals surface area contributed by atoms with Gasteiger partial charge in [0.15, 0.2) is 6.61 Å². The van der Waals surface area contributed by atoms with Gasteiger partial charge in [-0.1, -0.05) is 24.3 Å². The van der Waals surface area contributed by atoms with E-state index in [9.17, 15) is 4.79 Å². The molecule has 6 nitrogen and oxygen atoms in total. The lowest BCUT2D eigenvalue weighted by Gasteiger charge is -2.10. The molecule has 0 spiro atoms. The van der Waals surface area contributed by atoms with E-state index in [1.807, 2.05) is 72.8 Å². The lowest BCUT2D eigenvalue weighted by molar-refractivity contribution is -0.123. The summed E-state index contributed by atoms with van der Waals surface area (Å²) in [6, 6.07) is 22.6. The molecule has 154 valence electrons. The number of nitrogens with one attached hydrogen (secondary N) is 1. The molecule has 0 aromatic heterocycles. The van der Waals surface area contributed by atoms with E-state index in [1.165, 1.54) is 0 Å². The van der Waals surface area contributed by atoms with Gasteiger partial charge in [0.1, 0.15) is 23.9 Å². The van der Waals surface area contributed by atoms with Crippen molar-refractivity contribution in [2.24, 2.45) is 5.10 Å². The number of methoxy groups -OCH3 is 1. The van der Waals surface area contributed by atoms with Crippen LogP contribution < -0.4 is 19.6 Å². The van der Waals surface area contributed by atoms with Gasteiger partial charge in [0, 0.05) is 9.13 Å². The maximum atomic E-state index is 11.9. The van der Waals surface area contributed by atoms with Crippen molar-refractivity contribution in [1.82, 2.24) is 5.43 Å². The topological polar surface area (TPSA) is 69.2 Å². The Morgan fingerprint density at radius 1 is 1.00 bits per heavy atom. The Labute approximate surface area is 189 Å². The Balaban J connectivity index is 1.52. The lowest BCUT2D eigenvalue weighted by Crippen LogP contribution is -2.24. The third-order valence-corrected chi connectivity index (χ3v) is 4.74. The predicted molar refractivity (Wildman–Crippen MR) is 124 cm³/mol. The number of carbonyl (C=O) groups is 1. The first-order valence-corrected chi connectivity index (χ1v) is 10.3. The van der Waals surface area contributed by atoms with Gasteiger partial charge in [0.2, 0.25) is 0 Å². The van der Waals surface area contributed by atoms with Gasteiger partial charge in [0.05, 0.1) is 13.3 Å². The second kappa shape index (κ2) is 11.2. The number of para-hydroxylation sites is 1. The highest BCUT2D eigenvalue weighted by Crippen LogP contribution is 2.19. The smallest absolute Gasteiger partial charge is 0.277 e. The van der Waals surface area contributed by atoms with Crippen molar-refractivity contribution in [2.75, 3.05) is 13.7 Å². The van der Waals surface area contributed by atoms with Crippen LogP contribution in [-0.4, -0.2) is 25.8 Å². The molecule has 0 aliphatic rings. The standard InChI is InChI=1S/C23H21IN2O4/c1-28-21-7-4-5-17(13-21)15-30-22-8-3-2-6-18(22)14-25-26-23(27)16-29-20-11-9-19(24)10-12-20/h2-14H,15-16H2,1H3,(H,26,27)/b25-14-. The molecule has 0 bridgehead atoms. The van der Waals surface area contributed by atoms with Crippen molar-refractivity contribution >= 4 is 34.7 Å². The van der Waals surface area contributed by atoms with Crippen molar-refractivity contribution in [3.63, 3.8) is 0 Å². The largest absolute Gasteiger partial charge is 0.497 e. The molecule has 30 heavy (non-hydrogen) atoms. The van der Waals surface area contributed by atoms with Gasteiger partial charge >= 0.3 is 0 Å². The van der Waals surface area contributed by atoms with E-state index in [2.05, 4.69) is 33.1 Å². The summed E-state index contributed by atoms with van der Waals surface area (Å²) in [7, 11) is 1.63. The molecule has 0 fully saturated rings. The number of hydrogen-bond acceptors (Lipinski definition) is 5. The number of nitrogens with zero attached hydrogens (tertiary/aromatic N) is 1. The number of ether oxygens (including phenoxy) is 3. The zero-order valence-electron chi connectivity index (χ0n) is 16.4. The number of benzene rings is 3. The molecule has 3 aromatic carbocycles. The zero-order chi connectivity index (χ0) is 21.2. The minimum absolute atomic E-state index is 0.119. The second-order valence-electron chi connectivity index (χ2n) is 6.21. The van der Waals surface area contributed by atoms with E-state index in [1.54, 1.807) is 13.3 Å². The average molecular weight is 516 g/mol. The SMILES string of the molecule is COc1cccc(COc2ccccc2/C=N\NC(=O)COc2ccc(I)cc2)c1. The third kappa shape index (κ3) is 6.77. The maximum absolute atomic E-state index is 11.9. The van der Waals surface area contributed by atoms with Crippen LogP contribution in [0.5, 0.6) is 17.2 Å². The first-order chi connectivity index (χ1) is 14.6. The molecule has 0 unspecified atom stereocenters. The van der Waals surface area contributed by atoms with E-state index in [0.717, 1.165) is 20.4 Å². The summed E-state index contributed by atoms with van der Waals surface area (Å²) >= 11 is 2.21. The fourth-order valence-electron chi connectivity index (χ4n) is 2.53. The molecule has 0 aliphatic heterocycles. The van der Waals surface area contributed by atoms with Crippen molar-refractivity contribution in [3.05, 3.63) is 87.5 Å². The summed E-state index contributed by atoms with van der Waals surface area (Å²) in [4.78, 5) is 11.9. The molecular formula is C23H21IN2O4. The van der Waals surface area contributed by atoms with Crippen LogP contribution in [0.1, 0.15) is 11.1 Å². The Kier molecular flexibility index (Phi) is 8.08. The molecule has 0 radical (unpaired) electrons. The van der Waals surface area contributed by atoms with Gasteiger partial charge in [-0.25, -0.2) is 5.43 Å². The molecular weight excluding hydrogens is 495 g/mol. The highest BCUT2D eigenvalue weighted by Gasteiger charge is 2.04. The lowest BCUT2D eigenvalue weighted by atomic mass is 10.2. The van der Waals surface area contributed by atoms with Gasteiger partial charge in [-0.3, -0.25) is 4.79 Å². The minimum atomic E-state index is -0.348. The van der Waals surface area contributed by atoms with Crippen LogP contribution in [0.15, 0.2) is 77.9 Å². The van der Waals surface area contributed by atoms with Crippen molar-refractivity contribution in [3.8, 4) is 17.2 Å². The number of carbonyl (C=O) groups excluding carboxylic acids is 1. The fraction of sp³-hybridized carbons (Fsp3) is 0.130. The molecule has 0 saturated carbocycles. The molecule has 7 heteroatoms. The van der Waals surface area contributed by atoms with E-state index in [0.29, 0.717) is 18.1 Å². The molecule has 0 aliphatic carbocycles. The Morgan fingerprint density at radius 2 is 1.80 bits per heavy atom. The summed E-state index contributed by atoms with van der Waals surface area (Å²) < 4.78 is 17.7. The van der Waals surface area contributed by atoms with Crippen LogP contribution >= 0.6 is 22.6 Å². The first-order valence-electron chi connectivity index (χ1n) is 9.19. The molecule has 0 heterocycles. The number of hydrogen-bond donors (Lipinski definition) is 1. The Bertz CT molecular complexity index is 1010. The average Bonchev–Trinajstić information content (AvgIpc) is 2.78. The van der Waals surface area contributed by atoms with E-state index in [-0.39, 0.29) is 12.5 Å². The Hall–Kier alpha value is -3.07. The second-order valence-corrected chi connectivity index (χ2v) is 7.46. The highest BCUT2D eigenvalue weighted by atomic mass is 127. The predicted octanol–water partition coefficient (Wildman–Crippen LogP) is 4.41. The molecule has 3 aromatic rings. The normalized spacial score (nSPS) is 10.6. The number of halogens is 1. The summed E-state index contributed by atoms with van der Waals surface area (Å²) in [5.41, 5.74) is 4.20. The molecule has 1 amide bonds. The fourth-order valence-corrected chi connectivity index (χ4v) is 2.89. The van der Waals surface area contributed by atoms with Gasteiger partial charge < -0.3 is 14.2 Å². The van der Waals surface area contributed by atoms with Crippen LogP contribution in [0.3, 0.4) is 0 Å². The summed E-state index contributed by atoms with van der Waals surface area (Å²) in [6.07, 6.45) is 1.55. The first kappa shape index (κ1) is 21.6. The summed E-state index contributed by atoms with van der Waals surface area (Å²) in [5.74, 6) is 1.72. The summed E-state index contributed by atoms with van der Waals surface area (Å²) in [5, 5.41) is 4.01. The van der Waals surface area contributed by atoms with Crippen LogP contribution in [0.2, 0.25) is 0 Å². The van der Waals surface area contributed by atoms with Crippen LogP contribution in [-0.2, 0) is 11.4 Å². The minimum Gasteiger partial charge on any atom is -0.497 e. The molecule has 0 atom stereocenters. The molecule has 1 N–H and O–H groups in total. The third-order valence-electron chi connectivity index (χ3n) is 4.02. The molecule has 0 saturated heterocycles. The monoisotopic (exact) mass is 516 g/mol. The van der Waals surface area contributed by atoms with Gasteiger partial charge in [-0.15, -0.1) is 0 Å². The maximum Gasteiger partial charge on any atom is 0.277 e. The highest BCUT2D eigenvalue weighted by molar-refractivity contribution is 14.1. The van der Waals surface area contributed by atoms with Crippen molar-refractivity contribution in [1.29, 1.82) is 0 Å². The quantitative estimate of drug-likeness (QED) is 0.260. The van der Waals surface area contributed by atoms with E-state index < -0.39 is 0 Å². The van der Waals surface area contributed by atoms with Crippen molar-refractivity contribution < 1.29 is 19.0 Å². The van der Waals surface area contributed by atoms with Crippen molar-refractivity contribution in [2.45, 2.75) is 6.61 Å². The van der Waals surface area contributed by atoms with Gasteiger partial charge in [-0.2, -0.15) is 5.10 Å². The zero-order valence-corrected chi connectivity index (χ0v) is 18.5. The molecule has 3 rings (SSSR count). The summed E-state index contributed by atoms with van der Waals surface area (Å²) in [6.45, 7) is 0.268. The number of hydrazone groups is 1. The Morgan fingerprint density at radius 3 is 2.60 bits per heavy atom. The van der Waals surface area contributed by atoms with Gasteiger partial charge in [-0.05, 0) is 76.7 Å². The van der Waals surface area contributed by atoms with E-state index in [4.69, 9.17) is 14.2 Å². The van der Waals surface area contributed by atoms with Crippen LogP contribution in [0.25, 0.3) is 0 Å². The van der Waals surface area contributed by atoms with Crippen LogP contribution in [0.4, 0.5) is 0 Å². The number of amides is 1. The van der Waals surface area contributed by atoms with Gasteiger partial charge in [0.25, 0.3) is 5.91 Å².